The molecule has 0 saturated heterocycles. The fraction of sp³-hybridized carbons (Fsp3) is 0.118. The van der Waals surface area contributed by atoms with Crippen LogP contribution in [-0.2, 0) is 10.0 Å². The summed E-state index contributed by atoms with van der Waals surface area (Å²) < 4.78 is 38.0. The van der Waals surface area contributed by atoms with E-state index in [2.05, 4.69) is 9.71 Å². The van der Waals surface area contributed by atoms with E-state index >= 15 is 0 Å². The number of nitrogens with zero attached hydrogens (tertiary/aromatic N) is 1. The van der Waals surface area contributed by atoms with Gasteiger partial charge < -0.3 is 9.15 Å². The Bertz CT molecular complexity index is 998. The van der Waals surface area contributed by atoms with Gasteiger partial charge in [0.2, 0.25) is 0 Å². The molecule has 0 fully saturated rings. The van der Waals surface area contributed by atoms with Gasteiger partial charge in [0.15, 0.2) is 11.7 Å². The molecule has 0 bridgehead atoms. The monoisotopic (exact) mass is 378 g/mol. The normalized spacial score (nSPS) is 11.3. The first-order chi connectivity index (χ1) is 11.9. The van der Waals surface area contributed by atoms with Crippen LogP contribution >= 0.6 is 11.6 Å². The Balaban J connectivity index is 1.83. The molecule has 0 atom stereocenters. The summed E-state index contributed by atoms with van der Waals surface area (Å²) in [5, 5.41) is 0.318. The Labute approximate surface area is 150 Å². The van der Waals surface area contributed by atoms with Crippen LogP contribution in [0, 0.1) is 6.92 Å². The van der Waals surface area contributed by atoms with E-state index in [4.69, 9.17) is 20.8 Å². The van der Waals surface area contributed by atoms with Gasteiger partial charge in [-0.15, -0.1) is 0 Å². The van der Waals surface area contributed by atoms with E-state index < -0.39 is 10.0 Å². The van der Waals surface area contributed by atoms with Crippen molar-refractivity contribution in [1.29, 1.82) is 0 Å². The molecule has 0 radical (unpaired) electrons. The van der Waals surface area contributed by atoms with Gasteiger partial charge in [0.1, 0.15) is 5.75 Å². The molecule has 8 heteroatoms. The largest absolute Gasteiger partial charge is 0.495 e. The minimum atomic E-state index is -3.74. The Morgan fingerprint density at radius 2 is 1.88 bits per heavy atom. The molecule has 1 N–H and O–H groups in total. The maximum Gasteiger partial charge on any atom is 0.261 e. The quantitative estimate of drug-likeness (QED) is 0.722. The minimum absolute atomic E-state index is 0.124. The summed E-state index contributed by atoms with van der Waals surface area (Å²) in [6.45, 7) is 1.74. The lowest BCUT2D eigenvalue weighted by atomic mass is 10.2. The van der Waals surface area contributed by atoms with Crippen LogP contribution in [0.3, 0.4) is 0 Å². The highest BCUT2D eigenvalue weighted by Gasteiger charge is 2.15. The molecule has 130 valence electrons. The second-order valence-electron chi connectivity index (χ2n) is 5.22. The van der Waals surface area contributed by atoms with Crippen molar-refractivity contribution in [2.45, 2.75) is 11.8 Å². The molecule has 1 heterocycles. The molecule has 0 amide bonds. The highest BCUT2D eigenvalue weighted by atomic mass is 35.5. The van der Waals surface area contributed by atoms with Crippen molar-refractivity contribution in [3.8, 4) is 17.1 Å². The zero-order valence-corrected chi connectivity index (χ0v) is 15.1. The Morgan fingerprint density at radius 1 is 1.16 bits per heavy atom. The van der Waals surface area contributed by atoms with Gasteiger partial charge in [-0.3, -0.25) is 4.72 Å². The van der Waals surface area contributed by atoms with Crippen LogP contribution in [0.1, 0.15) is 5.89 Å². The predicted octanol–water partition coefficient (Wildman–Crippen LogP) is 4.11. The van der Waals surface area contributed by atoms with Crippen LogP contribution in [0.4, 0.5) is 5.69 Å². The number of halogens is 1. The smallest absolute Gasteiger partial charge is 0.261 e. The number of aryl methyl sites for hydroxylation is 1. The van der Waals surface area contributed by atoms with Crippen LogP contribution in [-0.4, -0.2) is 20.5 Å². The van der Waals surface area contributed by atoms with E-state index in [0.29, 0.717) is 28.1 Å². The summed E-state index contributed by atoms with van der Waals surface area (Å²) in [6.07, 6.45) is 1.59. The SMILES string of the molecule is COc1ccc(NS(=O)(=O)c2ccc(-c3cnc(C)o3)cc2)cc1Cl. The molecular formula is C17H15ClN2O4S. The summed E-state index contributed by atoms with van der Waals surface area (Å²) in [7, 11) is -2.25. The second-order valence-corrected chi connectivity index (χ2v) is 7.31. The van der Waals surface area contributed by atoms with E-state index in [1.807, 2.05) is 0 Å². The molecular weight excluding hydrogens is 364 g/mol. The van der Waals surface area contributed by atoms with Crippen molar-refractivity contribution in [3.05, 3.63) is 59.6 Å². The second kappa shape index (κ2) is 6.78. The summed E-state index contributed by atoms with van der Waals surface area (Å²) in [4.78, 5) is 4.15. The first-order valence-corrected chi connectivity index (χ1v) is 9.14. The lowest BCUT2D eigenvalue weighted by Gasteiger charge is -2.10. The zero-order chi connectivity index (χ0) is 18.0. The summed E-state index contributed by atoms with van der Waals surface area (Å²) in [5.41, 5.74) is 1.09. The topological polar surface area (TPSA) is 81.4 Å². The maximum atomic E-state index is 12.5. The standard InChI is InChI=1S/C17H15ClN2O4S/c1-11-19-10-17(24-11)12-3-6-14(7-4-12)25(21,22)20-13-5-8-16(23-2)15(18)9-13/h3-10,20H,1-2H3. The fourth-order valence-electron chi connectivity index (χ4n) is 2.24. The van der Waals surface area contributed by atoms with E-state index in [9.17, 15) is 8.42 Å². The Kier molecular flexibility index (Phi) is 4.69. The number of nitrogens with one attached hydrogen (secondary N) is 1. The summed E-state index contributed by atoms with van der Waals surface area (Å²) in [5.74, 6) is 1.59. The molecule has 1 aromatic heterocycles. The lowest BCUT2D eigenvalue weighted by Crippen LogP contribution is -2.12. The number of methoxy groups -OCH3 is 1. The number of hydrogen-bond acceptors (Lipinski definition) is 5. The van der Waals surface area contributed by atoms with Gasteiger partial charge in [-0.2, -0.15) is 0 Å². The number of sulfonamides is 1. The first-order valence-electron chi connectivity index (χ1n) is 7.28. The average molecular weight is 379 g/mol. The molecule has 6 nitrogen and oxygen atoms in total. The molecule has 0 aliphatic heterocycles. The predicted molar refractivity (Wildman–Crippen MR) is 95.5 cm³/mol. The van der Waals surface area contributed by atoms with Gasteiger partial charge in [-0.05, 0) is 42.5 Å². The van der Waals surface area contributed by atoms with Crippen LogP contribution in [0.2, 0.25) is 5.02 Å². The average Bonchev–Trinajstić information content (AvgIpc) is 3.01. The summed E-state index contributed by atoms with van der Waals surface area (Å²) in [6, 6.07) is 11.0. The highest BCUT2D eigenvalue weighted by Crippen LogP contribution is 2.29. The Hall–Kier alpha value is -2.51. The van der Waals surface area contributed by atoms with Crippen LogP contribution in [0.5, 0.6) is 5.75 Å². The number of rotatable bonds is 5. The van der Waals surface area contributed by atoms with E-state index in [-0.39, 0.29) is 4.90 Å². The Morgan fingerprint density at radius 3 is 2.44 bits per heavy atom. The zero-order valence-electron chi connectivity index (χ0n) is 13.5. The van der Waals surface area contributed by atoms with Crippen LogP contribution in [0.15, 0.2) is 58.0 Å². The van der Waals surface area contributed by atoms with Gasteiger partial charge in [0.25, 0.3) is 10.0 Å². The van der Waals surface area contributed by atoms with Gasteiger partial charge >= 0.3 is 0 Å². The number of aromatic nitrogens is 1. The number of benzene rings is 2. The third kappa shape index (κ3) is 3.78. The van der Waals surface area contributed by atoms with Crippen LogP contribution in [0.25, 0.3) is 11.3 Å². The van der Waals surface area contributed by atoms with Gasteiger partial charge in [0.05, 0.1) is 28.9 Å². The van der Waals surface area contributed by atoms with Crippen molar-refractivity contribution >= 4 is 27.3 Å². The molecule has 3 aromatic rings. The molecule has 2 aromatic carbocycles. The lowest BCUT2D eigenvalue weighted by molar-refractivity contribution is 0.415. The number of ether oxygens (including phenoxy) is 1. The highest BCUT2D eigenvalue weighted by molar-refractivity contribution is 7.92. The van der Waals surface area contributed by atoms with Crippen molar-refractivity contribution in [3.63, 3.8) is 0 Å². The molecule has 0 spiro atoms. The van der Waals surface area contributed by atoms with Crippen molar-refractivity contribution in [1.82, 2.24) is 4.98 Å². The van der Waals surface area contributed by atoms with Crippen molar-refractivity contribution in [2.24, 2.45) is 0 Å². The van der Waals surface area contributed by atoms with Gasteiger partial charge in [-0.1, -0.05) is 11.6 Å². The van der Waals surface area contributed by atoms with E-state index in [1.54, 1.807) is 37.4 Å². The molecule has 3 rings (SSSR count). The van der Waals surface area contributed by atoms with E-state index in [0.717, 1.165) is 5.56 Å². The molecule has 0 aliphatic carbocycles. The molecule has 0 saturated carbocycles. The number of hydrogen-bond donors (Lipinski definition) is 1. The van der Waals surface area contributed by atoms with Crippen LogP contribution < -0.4 is 9.46 Å². The maximum absolute atomic E-state index is 12.5. The molecule has 0 aliphatic rings. The number of anilines is 1. The third-order valence-electron chi connectivity index (χ3n) is 3.47. The molecule has 0 unspecified atom stereocenters. The van der Waals surface area contributed by atoms with Crippen molar-refractivity contribution < 1.29 is 17.6 Å². The first kappa shape index (κ1) is 17.3. The molecule has 25 heavy (non-hydrogen) atoms. The van der Waals surface area contributed by atoms with Gasteiger partial charge in [0, 0.05) is 12.5 Å². The fourth-order valence-corrected chi connectivity index (χ4v) is 3.54. The van der Waals surface area contributed by atoms with Crippen molar-refractivity contribution in [2.75, 3.05) is 11.8 Å². The van der Waals surface area contributed by atoms with Gasteiger partial charge in [-0.25, -0.2) is 13.4 Å². The van der Waals surface area contributed by atoms with E-state index in [1.165, 1.54) is 25.3 Å². The summed E-state index contributed by atoms with van der Waals surface area (Å²) >= 11 is 6.02. The third-order valence-corrected chi connectivity index (χ3v) is 5.17. The minimum Gasteiger partial charge on any atom is -0.495 e. The number of oxazole rings is 1.